The van der Waals surface area contributed by atoms with Gasteiger partial charge in [-0.05, 0) is 75.3 Å². The van der Waals surface area contributed by atoms with Crippen molar-refractivity contribution in [3.05, 3.63) is 33.9 Å². The van der Waals surface area contributed by atoms with Crippen molar-refractivity contribution in [2.24, 2.45) is 23.2 Å². The summed E-state index contributed by atoms with van der Waals surface area (Å²) in [5.74, 6) is 1.32. The van der Waals surface area contributed by atoms with E-state index in [0.717, 1.165) is 25.3 Å². The molecule has 4 aliphatic rings. The lowest BCUT2D eigenvalue weighted by atomic mass is 9.48. The van der Waals surface area contributed by atoms with Crippen LogP contribution >= 0.6 is 0 Å². The van der Waals surface area contributed by atoms with Crippen molar-refractivity contribution >= 4 is 17.4 Å². The number of nitrogens with zero attached hydrogens (tertiary/aromatic N) is 1. The molecule has 4 fully saturated rings. The smallest absolute Gasteiger partial charge is 0.338 e. The number of Topliss-reactive ketones (excluding diaryl/α,β-unsaturated/α-hetero) is 1. The minimum Gasteiger partial charge on any atom is -0.476 e. The number of benzene rings is 1. The standard InChI is InChI=1S/C21H25NO6/c1-12(19(23)21-9-13-5-14(10-21)7-15(6-13)11-21)28-18-4-3-16(20(24)27-2)8-17(18)22(25)26/h3-4,8,12-15H,5-7,9-11H2,1-2H3. The lowest BCUT2D eigenvalue weighted by Crippen LogP contribution is -2.53. The van der Waals surface area contributed by atoms with Gasteiger partial charge in [-0.3, -0.25) is 14.9 Å². The third-order valence-corrected chi connectivity index (χ3v) is 6.81. The van der Waals surface area contributed by atoms with E-state index >= 15 is 0 Å². The summed E-state index contributed by atoms with van der Waals surface area (Å²) < 4.78 is 10.4. The van der Waals surface area contributed by atoms with E-state index in [9.17, 15) is 19.7 Å². The summed E-state index contributed by atoms with van der Waals surface area (Å²) in [6.45, 7) is 1.68. The van der Waals surface area contributed by atoms with Crippen molar-refractivity contribution in [3.63, 3.8) is 0 Å². The molecule has 0 saturated heterocycles. The van der Waals surface area contributed by atoms with Crippen LogP contribution in [0.2, 0.25) is 0 Å². The number of hydrogen-bond acceptors (Lipinski definition) is 6. The zero-order chi connectivity index (χ0) is 20.1. The van der Waals surface area contributed by atoms with Crippen molar-refractivity contribution in [2.75, 3.05) is 7.11 Å². The Hall–Kier alpha value is -2.44. The number of ether oxygens (including phenoxy) is 2. The minimum absolute atomic E-state index is 0.00299. The molecule has 1 aromatic rings. The van der Waals surface area contributed by atoms with Gasteiger partial charge in [0, 0.05) is 11.5 Å². The largest absolute Gasteiger partial charge is 0.476 e. The first kappa shape index (κ1) is 18.9. The van der Waals surface area contributed by atoms with Crippen LogP contribution in [0, 0.1) is 33.3 Å². The van der Waals surface area contributed by atoms with Gasteiger partial charge < -0.3 is 9.47 Å². The first-order valence-electron chi connectivity index (χ1n) is 9.89. The van der Waals surface area contributed by atoms with Gasteiger partial charge in [0.25, 0.3) is 0 Å². The molecule has 4 bridgehead atoms. The Kier molecular flexibility index (Phi) is 4.63. The topological polar surface area (TPSA) is 95.7 Å². The van der Waals surface area contributed by atoms with Crippen molar-refractivity contribution in [3.8, 4) is 5.75 Å². The Morgan fingerprint density at radius 3 is 2.21 bits per heavy atom. The van der Waals surface area contributed by atoms with E-state index < -0.39 is 17.0 Å². The van der Waals surface area contributed by atoms with Gasteiger partial charge in [0.2, 0.25) is 0 Å². The molecular formula is C21H25NO6. The second-order valence-electron chi connectivity index (χ2n) is 8.75. The van der Waals surface area contributed by atoms with Crippen LogP contribution in [0.3, 0.4) is 0 Å². The Labute approximate surface area is 163 Å². The van der Waals surface area contributed by atoms with E-state index in [-0.39, 0.29) is 28.2 Å². The van der Waals surface area contributed by atoms with Crippen LogP contribution in [-0.2, 0) is 9.53 Å². The van der Waals surface area contributed by atoms with Gasteiger partial charge >= 0.3 is 11.7 Å². The second-order valence-corrected chi connectivity index (χ2v) is 8.75. The summed E-state index contributed by atoms with van der Waals surface area (Å²) in [7, 11) is 1.21. The summed E-state index contributed by atoms with van der Waals surface area (Å²) in [5, 5.41) is 11.4. The van der Waals surface area contributed by atoms with Gasteiger partial charge in [0.15, 0.2) is 17.6 Å². The van der Waals surface area contributed by atoms with Crippen LogP contribution < -0.4 is 4.74 Å². The highest BCUT2D eigenvalue weighted by Gasteiger charge is 2.55. The fraction of sp³-hybridized carbons (Fsp3) is 0.619. The highest BCUT2D eigenvalue weighted by atomic mass is 16.6. The summed E-state index contributed by atoms with van der Waals surface area (Å²) >= 11 is 0. The Balaban J connectivity index is 1.55. The molecule has 4 saturated carbocycles. The molecule has 4 aliphatic carbocycles. The van der Waals surface area contributed by atoms with E-state index in [1.165, 1.54) is 38.5 Å². The molecular weight excluding hydrogens is 362 g/mol. The van der Waals surface area contributed by atoms with E-state index in [1.807, 2.05) is 0 Å². The third-order valence-electron chi connectivity index (χ3n) is 6.81. The lowest BCUT2D eigenvalue weighted by Gasteiger charge is -2.56. The van der Waals surface area contributed by atoms with Gasteiger partial charge in [-0.2, -0.15) is 0 Å². The first-order valence-corrected chi connectivity index (χ1v) is 9.89. The first-order chi connectivity index (χ1) is 13.3. The number of nitro benzene ring substituents is 1. The fourth-order valence-corrected chi connectivity index (χ4v) is 6.09. The highest BCUT2D eigenvalue weighted by Crippen LogP contribution is 2.60. The van der Waals surface area contributed by atoms with Crippen LogP contribution in [-0.4, -0.2) is 29.9 Å². The van der Waals surface area contributed by atoms with Crippen LogP contribution in [0.4, 0.5) is 5.69 Å². The van der Waals surface area contributed by atoms with Crippen molar-refractivity contribution in [1.29, 1.82) is 0 Å². The minimum atomic E-state index is -0.765. The van der Waals surface area contributed by atoms with E-state index in [2.05, 4.69) is 4.74 Å². The monoisotopic (exact) mass is 387 g/mol. The van der Waals surface area contributed by atoms with Gasteiger partial charge in [-0.25, -0.2) is 4.79 Å². The number of hydrogen-bond donors (Lipinski definition) is 0. The number of esters is 1. The Morgan fingerprint density at radius 1 is 1.14 bits per heavy atom. The molecule has 5 rings (SSSR count). The number of nitro groups is 1. The molecule has 0 N–H and O–H groups in total. The Bertz CT molecular complexity index is 797. The van der Waals surface area contributed by atoms with Crippen LogP contribution in [0.1, 0.15) is 55.8 Å². The Morgan fingerprint density at radius 2 is 1.71 bits per heavy atom. The maximum absolute atomic E-state index is 13.3. The van der Waals surface area contributed by atoms with E-state index in [1.54, 1.807) is 6.92 Å². The quantitative estimate of drug-likeness (QED) is 0.417. The van der Waals surface area contributed by atoms with Crippen molar-refractivity contribution in [2.45, 2.75) is 51.6 Å². The number of rotatable bonds is 6. The van der Waals surface area contributed by atoms with Gasteiger partial charge in [-0.15, -0.1) is 0 Å². The maximum atomic E-state index is 13.3. The van der Waals surface area contributed by atoms with Crippen LogP contribution in [0.15, 0.2) is 18.2 Å². The van der Waals surface area contributed by atoms with Crippen molar-refractivity contribution in [1.82, 2.24) is 0 Å². The SMILES string of the molecule is COC(=O)c1ccc(OC(C)C(=O)C23CC4CC(CC(C4)C2)C3)c([N+](=O)[O-])c1. The molecule has 1 aromatic carbocycles. The van der Waals surface area contributed by atoms with Crippen LogP contribution in [0.5, 0.6) is 5.75 Å². The molecule has 0 aliphatic heterocycles. The fourth-order valence-electron chi connectivity index (χ4n) is 6.09. The molecule has 0 amide bonds. The molecule has 0 aromatic heterocycles. The maximum Gasteiger partial charge on any atom is 0.338 e. The highest BCUT2D eigenvalue weighted by molar-refractivity contribution is 5.91. The number of carbonyl (C=O) groups is 2. The molecule has 1 unspecified atom stereocenters. The predicted octanol–water partition coefficient (Wildman–Crippen LogP) is 3.93. The molecule has 0 radical (unpaired) electrons. The van der Waals surface area contributed by atoms with E-state index in [4.69, 9.17) is 4.74 Å². The summed E-state index contributed by atoms with van der Waals surface area (Å²) in [6, 6.07) is 3.91. The molecule has 0 heterocycles. The molecule has 1 atom stereocenters. The lowest BCUT2D eigenvalue weighted by molar-refractivity contribution is -0.386. The summed E-state index contributed by atoms with van der Waals surface area (Å²) in [6.07, 6.45) is 5.73. The third kappa shape index (κ3) is 3.16. The normalized spacial score (nSPS) is 31.3. The summed E-state index contributed by atoms with van der Waals surface area (Å²) in [5.41, 5.74) is -0.593. The molecule has 7 nitrogen and oxygen atoms in total. The molecule has 28 heavy (non-hydrogen) atoms. The average Bonchev–Trinajstić information content (AvgIpc) is 2.65. The van der Waals surface area contributed by atoms with Crippen molar-refractivity contribution < 1.29 is 24.0 Å². The number of carbonyl (C=O) groups excluding carboxylic acids is 2. The predicted molar refractivity (Wildman–Crippen MR) is 100 cm³/mol. The molecule has 0 spiro atoms. The van der Waals surface area contributed by atoms with Gasteiger partial charge in [0.1, 0.15) is 0 Å². The van der Waals surface area contributed by atoms with E-state index in [0.29, 0.717) is 17.8 Å². The molecule has 7 heteroatoms. The zero-order valence-corrected chi connectivity index (χ0v) is 16.2. The summed E-state index contributed by atoms with van der Waals surface area (Å²) in [4.78, 5) is 35.8. The van der Waals surface area contributed by atoms with Gasteiger partial charge in [0.05, 0.1) is 17.6 Å². The van der Waals surface area contributed by atoms with Crippen LogP contribution in [0.25, 0.3) is 0 Å². The number of ketones is 1. The number of methoxy groups -OCH3 is 1. The molecule has 150 valence electrons. The zero-order valence-electron chi connectivity index (χ0n) is 16.2. The second kappa shape index (κ2) is 6.87. The van der Waals surface area contributed by atoms with Gasteiger partial charge in [-0.1, -0.05) is 0 Å². The average molecular weight is 387 g/mol.